The van der Waals surface area contributed by atoms with Crippen molar-refractivity contribution in [2.24, 2.45) is 14.1 Å². The third-order valence-electron chi connectivity index (χ3n) is 6.75. The highest BCUT2D eigenvalue weighted by molar-refractivity contribution is 6.10. The molecule has 0 spiro atoms. The van der Waals surface area contributed by atoms with Crippen LogP contribution in [0.5, 0.6) is 0 Å². The molecule has 0 fully saturated rings. The van der Waals surface area contributed by atoms with Crippen molar-refractivity contribution >= 4 is 43.6 Å². The lowest BCUT2D eigenvalue weighted by Crippen LogP contribution is -1.86. The van der Waals surface area contributed by atoms with Gasteiger partial charge < -0.3 is 13.6 Å². The summed E-state index contributed by atoms with van der Waals surface area (Å²) in [6.07, 6.45) is 0. The van der Waals surface area contributed by atoms with E-state index < -0.39 is 0 Å². The first-order valence-corrected chi connectivity index (χ1v) is 11.0. The molecule has 0 unspecified atom stereocenters. The Morgan fingerprint density at radius 2 is 0.939 bits per heavy atom. The second kappa shape index (κ2) is 6.56. The van der Waals surface area contributed by atoms with Crippen LogP contribution in [0.1, 0.15) is 0 Å². The lowest BCUT2D eigenvalue weighted by Gasteiger charge is -2.00. The number of hydrogen-bond acceptors (Lipinski definition) is 3. The van der Waals surface area contributed by atoms with Gasteiger partial charge in [0.2, 0.25) is 11.8 Å². The molecule has 5 heteroatoms. The number of para-hydroxylation sites is 2. The number of aryl methyl sites for hydroxylation is 2. The summed E-state index contributed by atoms with van der Waals surface area (Å²) in [5, 5.41) is 13.6. The van der Waals surface area contributed by atoms with Gasteiger partial charge in [0.25, 0.3) is 0 Å². The lowest BCUT2D eigenvalue weighted by atomic mass is 10.1. The van der Waals surface area contributed by atoms with Gasteiger partial charge in [-0.25, -0.2) is 0 Å². The molecule has 0 saturated carbocycles. The quantitative estimate of drug-likeness (QED) is 0.308. The van der Waals surface area contributed by atoms with Crippen LogP contribution in [0.15, 0.2) is 89.3 Å². The van der Waals surface area contributed by atoms with Crippen LogP contribution in [0.2, 0.25) is 0 Å². The van der Waals surface area contributed by atoms with E-state index >= 15 is 0 Å². The first-order valence-electron chi connectivity index (χ1n) is 11.0. The van der Waals surface area contributed by atoms with E-state index in [1.165, 1.54) is 43.6 Å². The summed E-state index contributed by atoms with van der Waals surface area (Å²) in [4.78, 5) is 0. The summed E-state index contributed by atoms with van der Waals surface area (Å²) < 4.78 is 10.6. The summed E-state index contributed by atoms with van der Waals surface area (Å²) in [5.74, 6) is 1.05. The fourth-order valence-electron chi connectivity index (χ4n) is 5.06. The Morgan fingerprint density at radius 3 is 1.42 bits per heavy atom. The standard InChI is InChI=1S/C28H20N4O/c1-31-23-9-5-3-7-19(23)21-15-17(11-13-25(21)31)27-29-30-28(33-27)18-12-14-26-22(16-18)20-8-4-6-10-24(20)32(26)2/h3-16H,1-2H3. The van der Waals surface area contributed by atoms with Gasteiger partial charge in [0.05, 0.1) is 0 Å². The van der Waals surface area contributed by atoms with Crippen LogP contribution >= 0.6 is 0 Å². The van der Waals surface area contributed by atoms with Crippen LogP contribution in [0.25, 0.3) is 66.5 Å². The van der Waals surface area contributed by atoms with E-state index in [2.05, 4.69) is 106 Å². The first-order chi connectivity index (χ1) is 16.2. The molecule has 0 aliphatic carbocycles. The highest BCUT2D eigenvalue weighted by atomic mass is 16.4. The predicted molar refractivity (Wildman–Crippen MR) is 133 cm³/mol. The van der Waals surface area contributed by atoms with Gasteiger partial charge >= 0.3 is 0 Å². The average molecular weight is 428 g/mol. The van der Waals surface area contributed by atoms with Crippen LogP contribution in [0.3, 0.4) is 0 Å². The smallest absolute Gasteiger partial charge is 0.248 e. The van der Waals surface area contributed by atoms with Gasteiger partial charge in [-0.3, -0.25) is 0 Å². The van der Waals surface area contributed by atoms with Gasteiger partial charge in [-0.1, -0.05) is 36.4 Å². The van der Waals surface area contributed by atoms with Gasteiger partial charge in [-0.05, 0) is 48.5 Å². The fraction of sp³-hybridized carbons (Fsp3) is 0.0714. The molecular weight excluding hydrogens is 408 g/mol. The number of benzene rings is 4. The van der Waals surface area contributed by atoms with E-state index in [4.69, 9.17) is 4.42 Å². The highest BCUT2D eigenvalue weighted by Crippen LogP contribution is 2.34. The summed E-state index contributed by atoms with van der Waals surface area (Å²) in [7, 11) is 4.19. The predicted octanol–water partition coefficient (Wildman–Crippen LogP) is 6.69. The molecule has 4 aromatic carbocycles. The largest absolute Gasteiger partial charge is 0.416 e. The maximum absolute atomic E-state index is 6.16. The molecule has 0 N–H and O–H groups in total. The number of fused-ring (bicyclic) bond motifs is 6. The summed E-state index contributed by atoms with van der Waals surface area (Å²) >= 11 is 0. The number of aromatic nitrogens is 4. The Bertz CT molecular complexity index is 1720. The molecular formula is C28H20N4O. The third kappa shape index (κ3) is 2.53. The zero-order valence-corrected chi connectivity index (χ0v) is 18.3. The van der Waals surface area contributed by atoms with Gasteiger partial charge in [0.1, 0.15) is 0 Å². The first kappa shape index (κ1) is 18.2. The van der Waals surface area contributed by atoms with E-state index in [1.54, 1.807) is 0 Å². The zero-order valence-electron chi connectivity index (χ0n) is 18.3. The highest BCUT2D eigenvalue weighted by Gasteiger charge is 2.15. The van der Waals surface area contributed by atoms with Crippen molar-refractivity contribution in [1.82, 2.24) is 19.3 Å². The second-order valence-corrected chi connectivity index (χ2v) is 8.53. The minimum Gasteiger partial charge on any atom is -0.416 e. The average Bonchev–Trinajstić information content (AvgIpc) is 3.54. The summed E-state index contributed by atoms with van der Waals surface area (Å²) in [6.45, 7) is 0. The zero-order chi connectivity index (χ0) is 22.1. The van der Waals surface area contributed by atoms with Crippen molar-refractivity contribution in [3.05, 3.63) is 84.9 Å². The molecule has 0 radical (unpaired) electrons. The minimum absolute atomic E-state index is 0.526. The maximum atomic E-state index is 6.16. The van der Waals surface area contributed by atoms with Crippen molar-refractivity contribution in [2.45, 2.75) is 0 Å². The summed E-state index contributed by atoms with van der Waals surface area (Å²) in [6, 6.07) is 29.5. The molecule has 0 aliphatic heterocycles. The molecule has 7 aromatic rings. The van der Waals surface area contributed by atoms with Gasteiger partial charge in [0.15, 0.2) is 0 Å². The molecule has 33 heavy (non-hydrogen) atoms. The van der Waals surface area contributed by atoms with Gasteiger partial charge in [-0.2, -0.15) is 0 Å². The lowest BCUT2D eigenvalue weighted by molar-refractivity contribution is 0.585. The van der Waals surface area contributed by atoms with Crippen LogP contribution in [0, 0.1) is 0 Å². The number of hydrogen-bond donors (Lipinski definition) is 0. The van der Waals surface area contributed by atoms with E-state index in [-0.39, 0.29) is 0 Å². The van der Waals surface area contributed by atoms with Crippen molar-refractivity contribution in [3.63, 3.8) is 0 Å². The Hall–Kier alpha value is -4.38. The Labute approximate surface area is 189 Å². The van der Waals surface area contributed by atoms with E-state index in [0.29, 0.717) is 11.8 Å². The van der Waals surface area contributed by atoms with Crippen molar-refractivity contribution < 1.29 is 4.42 Å². The minimum atomic E-state index is 0.526. The maximum Gasteiger partial charge on any atom is 0.248 e. The molecule has 7 rings (SSSR count). The molecule has 0 aliphatic rings. The van der Waals surface area contributed by atoms with Crippen molar-refractivity contribution in [2.75, 3.05) is 0 Å². The third-order valence-corrected chi connectivity index (χ3v) is 6.75. The Kier molecular flexibility index (Phi) is 3.62. The number of nitrogens with zero attached hydrogens (tertiary/aromatic N) is 4. The second-order valence-electron chi connectivity index (χ2n) is 8.53. The van der Waals surface area contributed by atoms with Crippen LogP contribution in [0.4, 0.5) is 0 Å². The fourth-order valence-corrected chi connectivity index (χ4v) is 5.06. The SMILES string of the molecule is Cn1c2ccccc2c2cc(-c3nnc(-c4ccc5c(c4)c4ccccc4n5C)o3)ccc21. The van der Waals surface area contributed by atoms with Gasteiger partial charge in [-0.15, -0.1) is 10.2 Å². The van der Waals surface area contributed by atoms with Crippen LogP contribution in [-0.2, 0) is 14.1 Å². The molecule has 0 amide bonds. The molecule has 0 bridgehead atoms. The molecule has 0 atom stereocenters. The van der Waals surface area contributed by atoms with E-state index in [9.17, 15) is 0 Å². The van der Waals surface area contributed by atoms with E-state index in [1.807, 2.05) is 12.1 Å². The normalized spacial score (nSPS) is 11.9. The molecule has 0 saturated heterocycles. The Balaban J connectivity index is 1.35. The topological polar surface area (TPSA) is 48.8 Å². The Morgan fingerprint density at radius 1 is 0.515 bits per heavy atom. The molecule has 3 heterocycles. The van der Waals surface area contributed by atoms with E-state index in [0.717, 1.165) is 11.1 Å². The van der Waals surface area contributed by atoms with Gasteiger partial charge in [0, 0.05) is 68.8 Å². The molecule has 158 valence electrons. The van der Waals surface area contributed by atoms with Crippen LogP contribution in [-0.4, -0.2) is 19.3 Å². The molecule has 3 aromatic heterocycles. The monoisotopic (exact) mass is 428 g/mol. The summed E-state index contributed by atoms with van der Waals surface area (Å²) in [5.41, 5.74) is 6.62. The number of rotatable bonds is 2. The van der Waals surface area contributed by atoms with Crippen LogP contribution < -0.4 is 0 Å². The van der Waals surface area contributed by atoms with Crippen molar-refractivity contribution in [3.8, 4) is 22.9 Å². The molecule has 5 nitrogen and oxygen atoms in total. The van der Waals surface area contributed by atoms with Crippen molar-refractivity contribution in [1.29, 1.82) is 0 Å².